The van der Waals surface area contributed by atoms with Crippen LogP contribution in [0.25, 0.3) is 0 Å². The molecule has 0 aliphatic rings. The van der Waals surface area contributed by atoms with E-state index in [1.807, 2.05) is 0 Å². The van der Waals surface area contributed by atoms with Crippen LogP contribution in [0, 0.1) is 0 Å². The van der Waals surface area contributed by atoms with Crippen LogP contribution >= 0.6 is 0 Å². The van der Waals surface area contributed by atoms with Gasteiger partial charge in [-0.1, -0.05) is 0 Å². The zero-order valence-electron chi connectivity index (χ0n) is 15.6. The smallest absolute Gasteiger partial charge is 0.326 e. The van der Waals surface area contributed by atoms with Crippen LogP contribution in [-0.2, 0) is 38.5 Å². The molecule has 0 rings (SSSR count). The van der Waals surface area contributed by atoms with Gasteiger partial charge in [-0.05, 0) is 0 Å². The Hall–Kier alpha value is 2.63. The molecule has 0 amide bonds. The summed E-state index contributed by atoms with van der Waals surface area (Å²) in [5.41, 5.74) is 0. The van der Waals surface area contributed by atoms with E-state index in [9.17, 15) is 19.2 Å². The summed E-state index contributed by atoms with van der Waals surface area (Å²) in [6.45, 7) is 3.97. The summed E-state index contributed by atoms with van der Waals surface area (Å²) in [6, 6.07) is 0. The average molecular weight is 446 g/mol. The minimum absolute atomic E-state index is 0. The predicted molar refractivity (Wildman–Crippen MR) is 85.0 cm³/mol. The minimum Gasteiger partial charge on any atom is -0.412 e. The number of hydroxylamine groups is 4. The van der Waals surface area contributed by atoms with Crippen LogP contribution < -0.4 is 0 Å². The van der Waals surface area contributed by atoms with E-state index in [0.29, 0.717) is 10.5 Å². The van der Waals surface area contributed by atoms with Crippen molar-refractivity contribution < 1.29 is 49.5 Å². The molecule has 12 nitrogen and oxygen atoms in total. The van der Waals surface area contributed by atoms with E-state index in [4.69, 9.17) is 0 Å². The fourth-order valence-electron chi connectivity index (χ4n) is 0.957. The molecule has 0 aliphatic carbocycles. The summed E-state index contributed by atoms with van der Waals surface area (Å²) in [4.78, 5) is 61.4. The second-order valence-electron chi connectivity index (χ2n) is 3.44. The maximum absolute atomic E-state index is 10.8. The fraction of sp³-hybridized carbons (Fsp3) is 0.600. The summed E-state index contributed by atoms with van der Waals surface area (Å²) in [5, 5.41) is 1.15. The zero-order chi connectivity index (χ0) is 15.7. The van der Waals surface area contributed by atoms with Gasteiger partial charge in [-0.15, -0.1) is 0 Å². The van der Waals surface area contributed by atoms with Crippen molar-refractivity contribution in [2.24, 2.45) is 0 Å². The van der Waals surface area contributed by atoms with Crippen LogP contribution in [-0.4, -0.2) is 213 Å². The molecule has 15 heteroatoms. The first kappa shape index (κ1) is 41.9. The van der Waals surface area contributed by atoms with Crippen molar-refractivity contribution in [3.63, 3.8) is 0 Å². The van der Waals surface area contributed by atoms with E-state index >= 15 is 0 Å². The van der Waals surface area contributed by atoms with Gasteiger partial charge in [-0.25, -0.2) is 0 Å². The molecule has 133 valence electrons. The Bertz CT molecular complexity index is 331. The topological polar surface area (TPSA) is 175 Å². The number of carbonyl (C=O) groups excluding carboxylic acids is 4. The maximum Gasteiger partial charge on any atom is 0.326 e. The quantitative estimate of drug-likeness (QED) is 0.285. The Kier molecular flexibility index (Phi) is 41.3. The Balaban J connectivity index is -0.000000180. The summed E-state index contributed by atoms with van der Waals surface area (Å²) in [7, 11) is 0. The van der Waals surface area contributed by atoms with E-state index < -0.39 is 23.9 Å². The van der Waals surface area contributed by atoms with Crippen LogP contribution in [0.15, 0.2) is 0 Å². The largest absolute Gasteiger partial charge is 0.412 e. The van der Waals surface area contributed by atoms with Crippen molar-refractivity contribution >= 4 is 178 Å². The summed E-state index contributed by atoms with van der Waals surface area (Å²) in [5.74, 6) is -2.90. The first-order valence-electron chi connectivity index (χ1n) is 5.50. The van der Waals surface area contributed by atoms with Gasteiger partial charge in [-0.3, -0.25) is 19.2 Å². The normalized spacial score (nSPS) is 8.08. The molecule has 4 N–H and O–H groups in total. The van der Waals surface area contributed by atoms with Crippen molar-refractivity contribution in [2.45, 2.75) is 27.7 Å². The summed E-state index contributed by atoms with van der Waals surface area (Å²) < 4.78 is 0. The summed E-state index contributed by atoms with van der Waals surface area (Å²) in [6.07, 6.45) is 0. The second-order valence-corrected chi connectivity index (χ2v) is 3.44. The summed E-state index contributed by atoms with van der Waals surface area (Å²) >= 11 is 0. The zero-order valence-corrected chi connectivity index (χ0v) is 24.9. The van der Waals surface area contributed by atoms with Gasteiger partial charge in [0.1, 0.15) is 0 Å². The van der Waals surface area contributed by atoms with Crippen LogP contribution in [0.5, 0.6) is 0 Å². The van der Waals surface area contributed by atoms with E-state index in [2.05, 4.69) is 19.4 Å². The Morgan fingerprint density at radius 2 is 0.720 bits per heavy atom. The van der Waals surface area contributed by atoms with Gasteiger partial charge < -0.3 is 30.3 Å². The molecule has 0 unspecified atom stereocenters. The van der Waals surface area contributed by atoms with E-state index in [0.717, 1.165) is 27.7 Å². The first-order valence-corrected chi connectivity index (χ1v) is 5.50. The third-order valence-electron chi connectivity index (χ3n) is 1.39. The molecule has 0 saturated heterocycles. The van der Waals surface area contributed by atoms with Gasteiger partial charge >= 0.3 is 23.9 Å². The third-order valence-corrected chi connectivity index (χ3v) is 1.39. The molecule has 0 aromatic heterocycles. The maximum atomic E-state index is 10.8. The SMILES string of the molecule is CC(=O)ON(CCN(OC(C)=O)OC(C)=O)OC(C)=O.O.O.[K].[K].[K]. The molecule has 3 radical (unpaired) electrons. The number of hydrogen-bond donors (Lipinski definition) is 0. The first-order chi connectivity index (χ1) is 9.20. The van der Waals surface area contributed by atoms with Crippen LogP contribution in [0.1, 0.15) is 27.7 Å². The Morgan fingerprint density at radius 3 is 0.840 bits per heavy atom. The van der Waals surface area contributed by atoms with Crippen molar-refractivity contribution in [3.8, 4) is 0 Å². The van der Waals surface area contributed by atoms with Crippen molar-refractivity contribution in [1.29, 1.82) is 0 Å². The standard InChI is InChI=1S/C10H16N2O8.3K.2H2O/c1-7(13)17-11(18-8(2)14)5-6-12(19-9(3)15)20-10(4)16;;;;;/h5-6H2,1-4H3;;;;2*1H2. The molecule has 0 aromatic carbocycles. The molecule has 0 fully saturated rings. The second kappa shape index (κ2) is 24.7. The number of rotatable bonds is 7. The van der Waals surface area contributed by atoms with E-state index in [-0.39, 0.29) is 178 Å². The molecular weight excluding hydrogens is 425 g/mol. The minimum atomic E-state index is -0.724. The number of nitrogens with zero attached hydrogens (tertiary/aromatic N) is 2. The average Bonchev–Trinajstić information content (AvgIpc) is 2.22. The molecule has 0 bridgehead atoms. The number of hydrogen-bond acceptors (Lipinski definition) is 10. The molecule has 25 heavy (non-hydrogen) atoms. The molecular formula is C10H20K3N2O10. The monoisotopic (exact) mass is 445 g/mol. The van der Waals surface area contributed by atoms with Crippen LogP contribution in [0.2, 0.25) is 0 Å². The molecule has 0 aromatic rings. The van der Waals surface area contributed by atoms with E-state index in [1.54, 1.807) is 0 Å². The molecule has 0 saturated carbocycles. The van der Waals surface area contributed by atoms with Gasteiger partial charge in [0.15, 0.2) is 0 Å². The van der Waals surface area contributed by atoms with Gasteiger partial charge in [0, 0.05) is 192 Å². The van der Waals surface area contributed by atoms with E-state index in [1.165, 1.54) is 0 Å². The Labute approximate surface area is 272 Å². The van der Waals surface area contributed by atoms with Gasteiger partial charge in [0.05, 0.1) is 13.1 Å². The molecule has 0 aliphatic heterocycles. The fourth-order valence-corrected chi connectivity index (χ4v) is 0.957. The van der Waals surface area contributed by atoms with Gasteiger partial charge in [0.2, 0.25) is 0 Å². The number of carbonyl (C=O) groups is 4. The molecule has 0 heterocycles. The Morgan fingerprint density at radius 1 is 0.560 bits per heavy atom. The van der Waals surface area contributed by atoms with Gasteiger partial charge in [-0.2, -0.15) is 0 Å². The molecule has 0 atom stereocenters. The predicted octanol–water partition coefficient (Wildman–Crippen LogP) is -3.29. The van der Waals surface area contributed by atoms with Gasteiger partial charge in [0.25, 0.3) is 0 Å². The van der Waals surface area contributed by atoms with Crippen molar-refractivity contribution in [2.75, 3.05) is 13.1 Å². The van der Waals surface area contributed by atoms with Crippen molar-refractivity contribution in [3.05, 3.63) is 0 Å². The third kappa shape index (κ3) is 28.9. The van der Waals surface area contributed by atoms with Crippen molar-refractivity contribution in [1.82, 2.24) is 10.5 Å². The van der Waals surface area contributed by atoms with Crippen LogP contribution in [0.4, 0.5) is 0 Å². The van der Waals surface area contributed by atoms with Crippen LogP contribution in [0.3, 0.4) is 0 Å². The molecule has 0 spiro atoms.